The third kappa shape index (κ3) is 4.09. The highest BCUT2D eigenvalue weighted by atomic mass is 32.2. The number of nitrogens with zero attached hydrogens (tertiary/aromatic N) is 3. The van der Waals surface area contributed by atoms with E-state index in [2.05, 4.69) is 33.8 Å². The highest BCUT2D eigenvalue weighted by Crippen LogP contribution is 2.28. The van der Waals surface area contributed by atoms with Gasteiger partial charge in [-0.15, -0.1) is 10.2 Å². The lowest BCUT2D eigenvalue weighted by molar-refractivity contribution is 0.102. The lowest BCUT2D eigenvalue weighted by Crippen LogP contribution is -2.11. The molecule has 30 heavy (non-hydrogen) atoms. The van der Waals surface area contributed by atoms with Gasteiger partial charge < -0.3 is 8.98 Å². The number of hydrogen-bond donors (Lipinski definition) is 0. The topological polar surface area (TPSA) is 60.9 Å². The van der Waals surface area contributed by atoms with Crippen LogP contribution in [0.25, 0.3) is 11.5 Å². The molecule has 2 aromatic heterocycles. The molecule has 0 aliphatic rings. The van der Waals surface area contributed by atoms with Gasteiger partial charge in [0.15, 0.2) is 5.78 Å². The molecule has 0 aliphatic carbocycles. The predicted octanol–water partition coefficient (Wildman–Crippen LogP) is 5.74. The highest BCUT2D eigenvalue weighted by Gasteiger charge is 2.20. The maximum absolute atomic E-state index is 12.9. The summed E-state index contributed by atoms with van der Waals surface area (Å²) in [4.78, 5) is 12.9. The van der Waals surface area contributed by atoms with Gasteiger partial charge in [0.05, 0.1) is 11.8 Å². The molecule has 2 aromatic carbocycles. The van der Waals surface area contributed by atoms with Crippen molar-refractivity contribution in [1.29, 1.82) is 0 Å². The number of aryl methyl sites for hydroxylation is 1. The zero-order valence-corrected chi connectivity index (χ0v) is 18.0. The van der Waals surface area contributed by atoms with Gasteiger partial charge in [0, 0.05) is 22.5 Å². The minimum absolute atomic E-state index is 0.0547. The molecule has 0 saturated carbocycles. The summed E-state index contributed by atoms with van der Waals surface area (Å²) in [6, 6.07) is 22.0. The smallest absolute Gasteiger partial charge is 0.277 e. The van der Waals surface area contributed by atoms with Crippen molar-refractivity contribution < 1.29 is 9.21 Å². The summed E-state index contributed by atoms with van der Waals surface area (Å²) in [5.41, 5.74) is 4.87. The van der Waals surface area contributed by atoms with Crippen molar-refractivity contribution in [1.82, 2.24) is 14.8 Å². The van der Waals surface area contributed by atoms with Gasteiger partial charge >= 0.3 is 0 Å². The van der Waals surface area contributed by atoms with Crippen LogP contribution in [0.4, 0.5) is 0 Å². The van der Waals surface area contributed by atoms with Crippen LogP contribution in [0.5, 0.6) is 0 Å². The summed E-state index contributed by atoms with van der Waals surface area (Å²) in [6.07, 6.45) is 0. The Morgan fingerprint density at radius 3 is 2.40 bits per heavy atom. The van der Waals surface area contributed by atoms with Gasteiger partial charge in [-0.05, 0) is 44.5 Å². The van der Waals surface area contributed by atoms with Gasteiger partial charge in [-0.25, -0.2) is 0 Å². The van der Waals surface area contributed by atoms with E-state index in [-0.39, 0.29) is 17.6 Å². The van der Waals surface area contributed by atoms with E-state index in [4.69, 9.17) is 4.42 Å². The van der Waals surface area contributed by atoms with Crippen molar-refractivity contribution in [2.45, 2.75) is 32.0 Å². The molecule has 0 bridgehead atoms. The van der Waals surface area contributed by atoms with Crippen LogP contribution in [-0.2, 0) is 0 Å². The lowest BCUT2D eigenvalue weighted by atomic mass is 10.1. The fourth-order valence-electron chi connectivity index (χ4n) is 3.71. The normalized spacial score (nSPS) is 12.1. The number of rotatable bonds is 7. The third-order valence-electron chi connectivity index (χ3n) is 5.21. The molecule has 0 fully saturated rings. The Morgan fingerprint density at radius 1 is 1.03 bits per heavy atom. The first kappa shape index (κ1) is 20.2. The summed E-state index contributed by atoms with van der Waals surface area (Å²) in [7, 11) is 0. The number of hydrogen-bond acceptors (Lipinski definition) is 5. The second kappa shape index (κ2) is 8.71. The van der Waals surface area contributed by atoms with Crippen molar-refractivity contribution in [3.05, 3.63) is 89.2 Å². The Balaban J connectivity index is 1.48. The summed E-state index contributed by atoms with van der Waals surface area (Å²) in [5.74, 6) is 0.764. The Kier molecular flexibility index (Phi) is 5.86. The zero-order valence-electron chi connectivity index (χ0n) is 17.2. The molecule has 1 atom stereocenters. The second-order valence-electron chi connectivity index (χ2n) is 7.19. The van der Waals surface area contributed by atoms with Gasteiger partial charge in [-0.2, -0.15) is 0 Å². The summed E-state index contributed by atoms with van der Waals surface area (Å²) in [6.45, 7) is 6.20. The third-order valence-corrected chi connectivity index (χ3v) is 6.03. The average molecular weight is 418 g/mol. The number of ketones is 1. The minimum Gasteiger partial charge on any atom is -0.411 e. The van der Waals surface area contributed by atoms with E-state index in [1.54, 1.807) is 0 Å². The van der Waals surface area contributed by atoms with Gasteiger partial charge in [-0.3, -0.25) is 4.79 Å². The van der Waals surface area contributed by atoms with Crippen LogP contribution in [-0.4, -0.2) is 26.3 Å². The van der Waals surface area contributed by atoms with Gasteiger partial charge in [0.25, 0.3) is 5.22 Å². The summed E-state index contributed by atoms with van der Waals surface area (Å²) in [5, 5.41) is 8.53. The molecule has 0 N–H and O–H groups in total. The molecule has 0 radical (unpaired) electrons. The van der Waals surface area contributed by atoms with Crippen LogP contribution in [0.15, 0.2) is 76.4 Å². The molecule has 5 nitrogen and oxygen atoms in total. The highest BCUT2D eigenvalue weighted by molar-refractivity contribution is 7.99. The van der Waals surface area contributed by atoms with E-state index >= 15 is 0 Å². The van der Waals surface area contributed by atoms with E-state index in [0.29, 0.717) is 11.1 Å². The fraction of sp³-hybridized carbons (Fsp3) is 0.208. The van der Waals surface area contributed by atoms with E-state index in [1.165, 1.54) is 17.3 Å². The number of benzene rings is 2. The molecule has 0 unspecified atom stereocenters. The number of Topliss-reactive ketones (excluding diaryl/α,β-unsaturated/α-hetero) is 1. The molecular formula is C24H23N3O2S. The molecule has 4 rings (SSSR count). The molecule has 0 amide bonds. The van der Waals surface area contributed by atoms with Crippen LogP contribution < -0.4 is 0 Å². The van der Waals surface area contributed by atoms with Crippen molar-refractivity contribution in [2.24, 2.45) is 0 Å². The zero-order chi connectivity index (χ0) is 21.1. The number of thioether (sulfide) groups is 1. The first-order valence-corrected chi connectivity index (χ1v) is 10.8. The van der Waals surface area contributed by atoms with Crippen LogP contribution >= 0.6 is 11.8 Å². The number of aromatic nitrogens is 3. The largest absolute Gasteiger partial charge is 0.411 e. The predicted molar refractivity (Wildman–Crippen MR) is 119 cm³/mol. The summed E-state index contributed by atoms with van der Waals surface area (Å²) >= 11 is 1.27. The van der Waals surface area contributed by atoms with Gasteiger partial charge in [0.1, 0.15) is 0 Å². The van der Waals surface area contributed by atoms with Crippen LogP contribution in [0.2, 0.25) is 0 Å². The SMILES string of the molecule is Cc1cc(C(=O)CSc2nnc(-c3ccccc3)o2)c(C)n1[C@H](C)c1ccccc1. The standard InChI is InChI=1S/C24H23N3O2S/c1-16-14-21(18(3)27(16)17(2)19-10-6-4-7-11-19)22(28)15-30-24-26-25-23(29-24)20-12-8-5-9-13-20/h4-14,17H,15H2,1-3H3/t17-/m1/s1. The maximum atomic E-state index is 12.9. The number of carbonyl (C=O) groups excluding carboxylic acids is 1. The Hall–Kier alpha value is -3.12. The van der Waals surface area contributed by atoms with Crippen LogP contribution in [0.3, 0.4) is 0 Å². The van der Waals surface area contributed by atoms with Crippen LogP contribution in [0.1, 0.15) is 40.3 Å². The van der Waals surface area contributed by atoms with E-state index in [0.717, 1.165) is 22.5 Å². The summed E-state index contributed by atoms with van der Waals surface area (Å²) < 4.78 is 7.91. The molecule has 4 aromatic rings. The first-order chi connectivity index (χ1) is 14.5. The molecule has 2 heterocycles. The van der Waals surface area contributed by atoms with Crippen molar-refractivity contribution >= 4 is 17.5 Å². The van der Waals surface area contributed by atoms with Gasteiger partial charge in [0.2, 0.25) is 5.89 Å². The monoisotopic (exact) mass is 417 g/mol. The van der Waals surface area contributed by atoms with E-state index in [1.807, 2.05) is 68.4 Å². The van der Waals surface area contributed by atoms with Gasteiger partial charge in [-0.1, -0.05) is 60.3 Å². The Labute approximate surface area is 180 Å². The molecular weight excluding hydrogens is 394 g/mol. The Bertz CT molecular complexity index is 1150. The molecule has 152 valence electrons. The quantitative estimate of drug-likeness (QED) is 0.283. The minimum atomic E-state index is 0.0547. The lowest BCUT2D eigenvalue weighted by Gasteiger charge is -2.19. The first-order valence-electron chi connectivity index (χ1n) is 9.83. The van der Waals surface area contributed by atoms with Crippen molar-refractivity contribution in [3.63, 3.8) is 0 Å². The molecule has 0 saturated heterocycles. The molecule has 6 heteroatoms. The van der Waals surface area contributed by atoms with Crippen molar-refractivity contribution in [2.75, 3.05) is 5.75 Å². The Morgan fingerprint density at radius 2 is 1.70 bits per heavy atom. The maximum Gasteiger partial charge on any atom is 0.277 e. The molecule has 0 spiro atoms. The molecule has 0 aliphatic heterocycles. The fourth-order valence-corrected chi connectivity index (χ4v) is 4.35. The average Bonchev–Trinajstić information content (AvgIpc) is 3.37. The number of carbonyl (C=O) groups is 1. The van der Waals surface area contributed by atoms with E-state index < -0.39 is 0 Å². The second-order valence-corrected chi connectivity index (χ2v) is 8.12. The van der Waals surface area contributed by atoms with Crippen molar-refractivity contribution in [3.8, 4) is 11.5 Å². The van der Waals surface area contributed by atoms with Crippen LogP contribution in [0, 0.1) is 13.8 Å². The van der Waals surface area contributed by atoms with E-state index in [9.17, 15) is 4.79 Å².